The number of carbonyl (C=O) groups excluding carboxylic acids is 1. The first-order valence-electron chi connectivity index (χ1n) is 5.09. The van der Waals surface area contributed by atoms with Crippen LogP contribution in [0.25, 0.3) is 0 Å². The molecule has 0 amide bonds. The smallest absolute Gasteiger partial charge is 0.389 e. The number of anilines is 1. The first kappa shape index (κ1) is 12.7. The van der Waals surface area contributed by atoms with Crippen LogP contribution in [-0.2, 0) is 0 Å². The molecule has 88 valence electrons. The molecule has 0 atom stereocenters. The molecule has 0 saturated heterocycles. The number of carbonyl (C=O) groups is 1. The van der Waals surface area contributed by atoms with Gasteiger partial charge in [0.15, 0.2) is 12.4 Å². The Hall–Kier alpha value is -2.36. The third-order valence-electron chi connectivity index (χ3n) is 1.96. The minimum atomic E-state index is -0.0139. The summed E-state index contributed by atoms with van der Waals surface area (Å²) in [5.74, 6) is 0.0579. The van der Waals surface area contributed by atoms with Crippen molar-refractivity contribution in [2.45, 2.75) is 6.92 Å². The third kappa shape index (κ3) is 4.79. The zero-order chi connectivity index (χ0) is 12.7. The van der Waals surface area contributed by atoms with E-state index in [-0.39, 0.29) is 11.7 Å². The van der Waals surface area contributed by atoms with Crippen molar-refractivity contribution in [1.82, 2.24) is 0 Å². The highest BCUT2D eigenvalue weighted by molar-refractivity contribution is 5.63. The van der Waals surface area contributed by atoms with Gasteiger partial charge in [0, 0.05) is 17.8 Å². The van der Waals surface area contributed by atoms with Gasteiger partial charge >= 0.3 is 5.91 Å². The quantitative estimate of drug-likeness (QED) is 0.686. The molecular weight excluding hydrogens is 216 g/mol. The number of hydrogen-bond donors (Lipinski definition) is 1. The van der Waals surface area contributed by atoms with Crippen molar-refractivity contribution in [2.75, 3.05) is 5.73 Å². The molecule has 0 spiro atoms. The maximum Gasteiger partial charge on any atom is 0.389 e. The Labute approximate surface area is 99.9 Å². The first-order valence-corrected chi connectivity index (χ1v) is 5.09. The van der Waals surface area contributed by atoms with Crippen LogP contribution in [0.1, 0.15) is 11.7 Å². The Bertz CT molecular complexity index is 467. The average molecular weight is 230 g/mol. The van der Waals surface area contributed by atoms with E-state index in [2.05, 4.69) is 0 Å². The van der Waals surface area contributed by atoms with Crippen LogP contribution < -0.4 is 15.4 Å². The van der Waals surface area contributed by atoms with Gasteiger partial charge in [-0.2, -0.15) is 0 Å². The van der Waals surface area contributed by atoms with Crippen molar-refractivity contribution in [3.05, 3.63) is 54.9 Å². The number of nitrogens with two attached hydrogens (primary N) is 1. The van der Waals surface area contributed by atoms with Crippen LogP contribution in [0.2, 0.25) is 0 Å². The zero-order valence-electron chi connectivity index (χ0n) is 9.54. The molecule has 1 aromatic heterocycles. The fraction of sp³-hybridized carbons (Fsp3) is 0.0769. The molecule has 17 heavy (non-hydrogen) atoms. The Balaban J connectivity index is 0.000000181. The fourth-order valence-corrected chi connectivity index (χ4v) is 1.07. The average Bonchev–Trinajstić information content (AvgIpc) is 2.31. The molecule has 2 aromatic rings. The predicted molar refractivity (Wildman–Crippen MR) is 63.2 cm³/mol. The molecule has 0 aliphatic heterocycles. The van der Waals surface area contributed by atoms with Crippen molar-refractivity contribution in [3.8, 4) is 5.75 Å². The van der Waals surface area contributed by atoms with E-state index in [1.165, 1.54) is 23.6 Å². The summed E-state index contributed by atoms with van der Waals surface area (Å²) in [7, 11) is 0. The standard InChI is InChI=1S/C7H8N2O.C6H6O/c1-6(10)9-4-2-7(8)3-5-9;7-6-4-2-1-3-5-6/h2-5,8H,1H3;1-5,7H. The van der Waals surface area contributed by atoms with Crippen LogP contribution in [0.3, 0.4) is 0 Å². The number of rotatable bonds is 0. The van der Waals surface area contributed by atoms with Crippen LogP contribution in [0.15, 0.2) is 54.9 Å². The molecule has 1 heterocycles. The van der Waals surface area contributed by atoms with Crippen LogP contribution in [0, 0.1) is 0 Å². The highest BCUT2D eigenvalue weighted by atomic mass is 16.3. The zero-order valence-corrected chi connectivity index (χ0v) is 9.54. The molecule has 2 rings (SSSR count). The summed E-state index contributed by atoms with van der Waals surface area (Å²) in [4.78, 5) is 10.7. The number of hydrogen-bond acceptors (Lipinski definition) is 3. The molecule has 0 aliphatic rings. The summed E-state index contributed by atoms with van der Waals surface area (Å²) >= 11 is 0. The lowest BCUT2D eigenvalue weighted by atomic mass is 10.3. The molecule has 0 fully saturated rings. The maximum atomic E-state index is 10.7. The van der Waals surface area contributed by atoms with E-state index in [9.17, 15) is 9.90 Å². The lowest BCUT2D eigenvalue weighted by Gasteiger charge is -1.98. The number of aromatic nitrogens is 1. The van der Waals surface area contributed by atoms with Gasteiger partial charge < -0.3 is 10.8 Å². The van der Waals surface area contributed by atoms with Gasteiger partial charge in [-0.3, -0.25) is 0 Å². The topological polar surface area (TPSA) is 70.0 Å². The van der Waals surface area contributed by atoms with Crippen LogP contribution >= 0.6 is 0 Å². The van der Waals surface area contributed by atoms with Crippen LogP contribution in [-0.4, -0.2) is 5.91 Å². The number of pyridine rings is 1. The maximum absolute atomic E-state index is 10.7. The molecule has 4 heteroatoms. The van der Waals surface area contributed by atoms with Crippen molar-refractivity contribution >= 4 is 11.6 Å². The largest absolute Gasteiger partial charge is 0.872 e. The van der Waals surface area contributed by atoms with E-state index in [0.29, 0.717) is 5.69 Å². The Morgan fingerprint density at radius 3 is 2.00 bits per heavy atom. The predicted octanol–water partition coefficient (Wildman–Crippen LogP) is 0.977. The number of nitrogen functional groups attached to an aromatic ring is 1. The van der Waals surface area contributed by atoms with Gasteiger partial charge in [-0.1, -0.05) is 30.3 Å². The lowest BCUT2D eigenvalue weighted by molar-refractivity contribution is -0.572. The van der Waals surface area contributed by atoms with Gasteiger partial charge in [0.25, 0.3) is 0 Å². The highest BCUT2D eigenvalue weighted by Crippen LogP contribution is 1.98. The molecule has 0 aliphatic carbocycles. The first-order chi connectivity index (χ1) is 8.09. The highest BCUT2D eigenvalue weighted by Gasteiger charge is 2.03. The second kappa shape index (κ2) is 6.27. The fourth-order valence-electron chi connectivity index (χ4n) is 1.07. The Kier molecular flexibility index (Phi) is 4.69. The van der Waals surface area contributed by atoms with E-state index in [4.69, 9.17) is 5.73 Å². The van der Waals surface area contributed by atoms with Crippen molar-refractivity contribution < 1.29 is 14.5 Å². The Morgan fingerprint density at radius 1 is 1.12 bits per heavy atom. The van der Waals surface area contributed by atoms with E-state index in [0.717, 1.165) is 0 Å². The SMILES string of the molecule is CC(=O)[n+]1ccc(N)cc1.[O-]c1ccccc1. The molecule has 0 bridgehead atoms. The van der Waals surface area contributed by atoms with Crippen molar-refractivity contribution in [3.63, 3.8) is 0 Å². The second-order valence-corrected chi connectivity index (χ2v) is 3.37. The van der Waals surface area contributed by atoms with E-state index < -0.39 is 0 Å². The van der Waals surface area contributed by atoms with Gasteiger partial charge in [-0.05, 0) is 0 Å². The summed E-state index contributed by atoms with van der Waals surface area (Å²) in [5, 5.41) is 10.3. The normalized spacial score (nSPS) is 9.00. The summed E-state index contributed by atoms with van der Waals surface area (Å²) in [6.45, 7) is 1.50. The molecular formula is C13H14N2O2. The molecule has 0 saturated carbocycles. The number of benzene rings is 1. The minimum Gasteiger partial charge on any atom is -0.872 e. The molecule has 0 radical (unpaired) electrons. The van der Waals surface area contributed by atoms with Gasteiger partial charge in [0.2, 0.25) is 0 Å². The molecule has 4 nitrogen and oxygen atoms in total. The summed E-state index contributed by atoms with van der Waals surface area (Å²) in [6, 6.07) is 11.7. The van der Waals surface area contributed by atoms with Gasteiger partial charge in [-0.25, -0.2) is 4.79 Å². The van der Waals surface area contributed by atoms with E-state index in [1.54, 1.807) is 36.7 Å². The number of para-hydroxylation sites is 1. The van der Waals surface area contributed by atoms with Crippen LogP contribution in [0.5, 0.6) is 5.75 Å². The summed E-state index contributed by atoms with van der Waals surface area (Å²) < 4.78 is 1.47. The summed E-state index contributed by atoms with van der Waals surface area (Å²) in [5.41, 5.74) is 6.07. The van der Waals surface area contributed by atoms with Gasteiger partial charge in [-0.15, -0.1) is 10.3 Å². The van der Waals surface area contributed by atoms with Crippen LogP contribution in [0.4, 0.5) is 5.69 Å². The summed E-state index contributed by atoms with van der Waals surface area (Å²) in [6.07, 6.45) is 3.27. The van der Waals surface area contributed by atoms with Gasteiger partial charge in [0.05, 0.1) is 6.92 Å². The lowest BCUT2D eigenvalue weighted by Crippen LogP contribution is -2.39. The third-order valence-corrected chi connectivity index (χ3v) is 1.96. The second-order valence-electron chi connectivity index (χ2n) is 3.37. The molecule has 0 unspecified atom stereocenters. The van der Waals surface area contributed by atoms with Crippen molar-refractivity contribution in [1.29, 1.82) is 0 Å². The number of nitrogens with zero attached hydrogens (tertiary/aromatic N) is 1. The van der Waals surface area contributed by atoms with Crippen molar-refractivity contribution in [2.24, 2.45) is 0 Å². The molecule has 2 N–H and O–H groups in total. The minimum absolute atomic E-state index is 0.0139. The van der Waals surface area contributed by atoms with E-state index >= 15 is 0 Å². The molecule has 1 aromatic carbocycles. The Morgan fingerprint density at radius 2 is 1.65 bits per heavy atom. The van der Waals surface area contributed by atoms with E-state index in [1.807, 2.05) is 6.07 Å². The monoisotopic (exact) mass is 230 g/mol. The van der Waals surface area contributed by atoms with Gasteiger partial charge in [0.1, 0.15) is 0 Å².